The molecular weight excluding hydrogens is 334 g/mol. The fourth-order valence-electron chi connectivity index (χ4n) is 3.30. The van der Waals surface area contributed by atoms with E-state index in [1.54, 1.807) is 0 Å². The van der Waals surface area contributed by atoms with E-state index in [0.717, 1.165) is 23.0 Å². The van der Waals surface area contributed by atoms with Crippen molar-refractivity contribution in [3.8, 4) is 0 Å². The van der Waals surface area contributed by atoms with Gasteiger partial charge >= 0.3 is 6.03 Å². The molecule has 21 heavy (non-hydrogen) atoms. The number of rotatable bonds is 2. The number of fused-ring (bicyclic) bond motifs is 2. The van der Waals surface area contributed by atoms with E-state index in [2.05, 4.69) is 26.2 Å². The minimum atomic E-state index is -0.0395. The second-order valence-corrected chi connectivity index (χ2v) is 6.95. The van der Waals surface area contributed by atoms with Gasteiger partial charge in [-0.3, -0.25) is 5.32 Å². The van der Waals surface area contributed by atoms with Gasteiger partial charge in [0.25, 0.3) is 0 Å². The monoisotopic (exact) mass is 351 g/mol. The Kier molecular flexibility index (Phi) is 3.38. The highest BCUT2D eigenvalue weighted by Gasteiger charge is 2.40. The zero-order valence-corrected chi connectivity index (χ0v) is 13.3. The van der Waals surface area contributed by atoms with Gasteiger partial charge < -0.3 is 9.64 Å². The molecule has 6 heteroatoms. The summed E-state index contributed by atoms with van der Waals surface area (Å²) in [5.74, 6) is 1.20. The Hall–Kier alpha value is -1.14. The second kappa shape index (κ2) is 5.25. The number of amides is 2. The topological polar surface area (TPSA) is 54.5 Å². The van der Waals surface area contributed by atoms with E-state index in [9.17, 15) is 4.79 Å². The van der Waals surface area contributed by atoms with Crippen molar-refractivity contribution in [3.05, 3.63) is 22.3 Å². The van der Waals surface area contributed by atoms with Crippen molar-refractivity contribution in [1.29, 1.82) is 0 Å². The van der Waals surface area contributed by atoms with Crippen LogP contribution in [0.25, 0.3) is 0 Å². The van der Waals surface area contributed by atoms with E-state index in [1.807, 2.05) is 17.0 Å². The summed E-state index contributed by atoms with van der Waals surface area (Å²) in [6.07, 6.45) is 4.46. The first-order valence-corrected chi connectivity index (χ1v) is 8.35. The summed E-state index contributed by atoms with van der Waals surface area (Å²) >= 11 is 3.54. The number of hydrogen-bond acceptors (Lipinski definition) is 3. The smallest absolute Gasteiger partial charge is 0.323 e. The van der Waals surface area contributed by atoms with Crippen LogP contribution in [0.3, 0.4) is 0 Å². The van der Waals surface area contributed by atoms with Gasteiger partial charge in [0.05, 0.1) is 31.0 Å². The van der Waals surface area contributed by atoms with Crippen LogP contribution in [-0.2, 0) is 4.74 Å². The zero-order chi connectivity index (χ0) is 14.4. The molecule has 0 aromatic carbocycles. The van der Waals surface area contributed by atoms with E-state index in [0.29, 0.717) is 24.9 Å². The Morgan fingerprint density at radius 2 is 1.95 bits per heavy atom. The van der Waals surface area contributed by atoms with Gasteiger partial charge in [0.1, 0.15) is 5.82 Å². The lowest BCUT2D eigenvalue weighted by molar-refractivity contribution is 0.00947. The highest BCUT2D eigenvalue weighted by Crippen LogP contribution is 2.42. The number of nitrogens with zero attached hydrogens (tertiary/aromatic N) is 2. The molecule has 0 radical (unpaired) electrons. The Bertz CT molecular complexity index is 560. The number of carbonyl (C=O) groups excluding carboxylic acids is 1. The Morgan fingerprint density at radius 3 is 2.62 bits per heavy atom. The van der Waals surface area contributed by atoms with Gasteiger partial charge in [-0.05, 0) is 53.7 Å². The molecule has 3 heterocycles. The molecule has 2 aliphatic heterocycles. The number of ether oxygens (including phenoxy) is 1. The van der Waals surface area contributed by atoms with E-state index in [4.69, 9.17) is 4.74 Å². The predicted octanol–water partition coefficient (Wildman–Crippen LogP) is 3.12. The van der Waals surface area contributed by atoms with Crippen LogP contribution in [0, 0.1) is 0 Å². The number of aromatic nitrogens is 1. The number of pyridine rings is 1. The Labute approximate surface area is 132 Å². The lowest BCUT2D eigenvalue weighted by atomic mass is 10.2. The molecule has 1 aromatic heterocycles. The summed E-state index contributed by atoms with van der Waals surface area (Å²) in [7, 11) is 0. The number of anilines is 1. The Morgan fingerprint density at radius 1 is 1.24 bits per heavy atom. The summed E-state index contributed by atoms with van der Waals surface area (Å²) in [5.41, 5.74) is 1.07. The van der Waals surface area contributed by atoms with Crippen molar-refractivity contribution >= 4 is 27.8 Å². The fourth-order valence-corrected chi connectivity index (χ4v) is 3.85. The van der Waals surface area contributed by atoms with Crippen LogP contribution < -0.4 is 5.32 Å². The molecule has 2 atom stereocenters. The molecule has 5 nitrogen and oxygen atoms in total. The number of urea groups is 1. The average Bonchev–Trinajstić information content (AvgIpc) is 3.27. The summed E-state index contributed by atoms with van der Waals surface area (Å²) in [4.78, 5) is 19.1. The quantitative estimate of drug-likeness (QED) is 0.890. The van der Waals surface area contributed by atoms with Crippen molar-refractivity contribution < 1.29 is 9.53 Å². The first kappa shape index (κ1) is 13.5. The van der Waals surface area contributed by atoms with Crippen LogP contribution in [0.5, 0.6) is 0 Å². The molecule has 4 rings (SSSR count). The summed E-state index contributed by atoms with van der Waals surface area (Å²) in [6, 6.07) is 4.24. The fraction of sp³-hybridized carbons (Fsp3) is 0.600. The van der Waals surface area contributed by atoms with Crippen molar-refractivity contribution in [2.24, 2.45) is 0 Å². The predicted molar refractivity (Wildman–Crippen MR) is 82.4 cm³/mol. The number of morpholine rings is 1. The molecule has 2 unspecified atom stereocenters. The van der Waals surface area contributed by atoms with Crippen molar-refractivity contribution in [1.82, 2.24) is 9.88 Å². The first-order chi connectivity index (χ1) is 10.2. The molecule has 1 N–H and O–H groups in total. The highest BCUT2D eigenvalue weighted by molar-refractivity contribution is 9.10. The summed E-state index contributed by atoms with van der Waals surface area (Å²) in [5, 5.41) is 2.96. The number of hydrogen-bond donors (Lipinski definition) is 1. The lowest BCUT2D eigenvalue weighted by Gasteiger charge is -2.34. The largest absolute Gasteiger partial charge is 0.377 e. The van der Waals surface area contributed by atoms with Gasteiger partial charge in [-0.15, -0.1) is 0 Å². The third kappa shape index (κ3) is 2.55. The Balaban J connectivity index is 1.50. The number of nitrogens with one attached hydrogen (secondary N) is 1. The summed E-state index contributed by atoms with van der Waals surface area (Å²) in [6.45, 7) is 1.32. The minimum Gasteiger partial charge on any atom is -0.377 e. The molecule has 1 aliphatic carbocycles. The van der Waals surface area contributed by atoms with Crippen LogP contribution in [0.4, 0.5) is 10.6 Å². The van der Waals surface area contributed by atoms with Crippen LogP contribution in [-0.4, -0.2) is 41.2 Å². The third-order valence-electron chi connectivity index (χ3n) is 4.55. The zero-order valence-electron chi connectivity index (χ0n) is 11.7. The van der Waals surface area contributed by atoms with Gasteiger partial charge in [0.2, 0.25) is 0 Å². The maximum Gasteiger partial charge on any atom is 0.323 e. The first-order valence-electron chi connectivity index (χ1n) is 7.56. The number of carbonyl (C=O) groups is 1. The SMILES string of the molecule is O=C(Nc1ccc(Br)c(C2CC2)n1)N1C2CCC1COC2. The third-order valence-corrected chi connectivity index (χ3v) is 5.22. The number of halogens is 1. The van der Waals surface area contributed by atoms with Crippen LogP contribution in [0.2, 0.25) is 0 Å². The van der Waals surface area contributed by atoms with Crippen molar-refractivity contribution in [3.63, 3.8) is 0 Å². The maximum atomic E-state index is 12.5. The average molecular weight is 352 g/mol. The maximum absolute atomic E-state index is 12.5. The molecule has 3 fully saturated rings. The molecule has 1 aromatic rings. The standard InChI is InChI=1S/C15H18BrN3O2/c16-12-5-6-13(17-14(12)9-1-2-9)18-15(20)19-10-3-4-11(19)8-21-7-10/h5-6,9-11H,1-4,7-8H2,(H,17,18,20). The van der Waals surface area contributed by atoms with Gasteiger partial charge in [0, 0.05) is 10.4 Å². The van der Waals surface area contributed by atoms with E-state index in [-0.39, 0.29) is 18.1 Å². The van der Waals surface area contributed by atoms with Gasteiger partial charge in [-0.25, -0.2) is 9.78 Å². The van der Waals surface area contributed by atoms with Crippen molar-refractivity contribution in [2.75, 3.05) is 18.5 Å². The molecule has 3 aliphatic rings. The van der Waals surface area contributed by atoms with Gasteiger partial charge in [0.15, 0.2) is 0 Å². The van der Waals surface area contributed by atoms with Crippen LogP contribution in [0.15, 0.2) is 16.6 Å². The molecule has 2 saturated heterocycles. The highest BCUT2D eigenvalue weighted by atomic mass is 79.9. The van der Waals surface area contributed by atoms with E-state index in [1.165, 1.54) is 12.8 Å². The molecule has 112 valence electrons. The molecule has 1 saturated carbocycles. The van der Waals surface area contributed by atoms with Gasteiger partial charge in [-0.1, -0.05) is 0 Å². The minimum absolute atomic E-state index is 0.0395. The van der Waals surface area contributed by atoms with E-state index >= 15 is 0 Å². The normalized spacial score (nSPS) is 27.8. The van der Waals surface area contributed by atoms with E-state index < -0.39 is 0 Å². The molecule has 2 amide bonds. The van der Waals surface area contributed by atoms with Gasteiger partial charge in [-0.2, -0.15) is 0 Å². The molecular formula is C15H18BrN3O2. The second-order valence-electron chi connectivity index (χ2n) is 6.10. The van der Waals surface area contributed by atoms with Crippen LogP contribution in [0.1, 0.15) is 37.3 Å². The summed E-state index contributed by atoms with van der Waals surface area (Å²) < 4.78 is 6.55. The molecule has 0 spiro atoms. The van der Waals surface area contributed by atoms with Crippen molar-refractivity contribution in [2.45, 2.75) is 43.7 Å². The molecule has 2 bridgehead atoms. The van der Waals surface area contributed by atoms with Crippen LogP contribution >= 0.6 is 15.9 Å². The lowest BCUT2D eigenvalue weighted by Crippen LogP contribution is -2.50.